The average Bonchev–Trinajstić information content (AvgIpc) is 2.73. The second-order valence-corrected chi connectivity index (χ2v) is 6.55. The zero-order valence-electron chi connectivity index (χ0n) is 11.2. The van der Waals surface area contributed by atoms with E-state index in [1.54, 1.807) is 6.07 Å². The van der Waals surface area contributed by atoms with Crippen LogP contribution in [0, 0.1) is 0 Å². The molecule has 1 unspecified atom stereocenters. The summed E-state index contributed by atoms with van der Waals surface area (Å²) < 4.78 is 1.10. The van der Waals surface area contributed by atoms with Crippen molar-refractivity contribution < 1.29 is 5.11 Å². The highest BCUT2D eigenvalue weighted by Crippen LogP contribution is 2.26. The fraction of sp³-hybridized carbons (Fsp3) is 0.600. The molecule has 3 rings (SSSR count). The zero-order valence-corrected chi connectivity index (χ0v) is 12.8. The van der Waals surface area contributed by atoms with Crippen molar-refractivity contribution in [3.63, 3.8) is 0 Å². The van der Waals surface area contributed by atoms with Gasteiger partial charge in [0.1, 0.15) is 5.75 Å². The lowest BCUT2D eigenvalue weighted by molar-refractivity contribution is 0.215. The van der Waals surface area contributed by atoms with Gasteiger partial charge in [-0.15, -0.1) is 0 Å². The minimum absolute atomic E-state index is 0.357. The highest BCUT2D eigenvalue weighted by atomic mass is 79.9. The molecule has 4 heteroatoms. The van der Waals surface area contributed by atoms with Crippen molar-refractivity contribution >= 4 is 15.9 Å². The molecule has 104 valence electrons. The van der Waals surface area contributed by atoms with Crippen molar-refractivity contribution in [2.24, 2.45) is 0 Å². The molecule has 1 aromatic rings. The largest absolute Gasteiger partial charge is 0.508 e. The van der Waals surface area contributed by atoms with E-state index < -0.39 is 0 Å². The Morgan fingerprint density at radius 3 is 2.95 bits per heavy atom. The molecule has 0 radical (unpaired) electrons. The number of hydrogen-bond donors (Lipinski definition) is 1. The Morgan fingerprint density at radius 1 is 1.21 bits per heavy atom. The first kappa shape index (κ1) is 13.4. The number of nitrogens with zero attached hydrogens (tertiary/aromatic N) is 2. The summed E-state index contributed by atoms with van der Waals surface area (Å²) in [6, 6.07) is 6.29. The Labute approximate surface area is 123 Å². The Balaban J connectivity index is 1.70. The van der Waals surface area contributed by atoms with Gasteiger partial charge in [0.15, 0.2) is 0 Å². The minimum Gasteiger partial charge on any atom is -0.508 e. The van der Waals surface area contributed by atoms with E-state index in [2.05, 4.69) is 25.7 Å². The lowest BCUT2D eigenvalue weighted by Gasteiger charge is -2.26. The number of rotatable bonds is 2. The smallest absolute Gasteiger partial charge is 0.115 e. The zero-order chi connectivity index (χ0) is 13.2. The first-order valence-electron chi connectivity index (χ1n) is 7.16. The van der Waals surface area contributed by atoms with E-state index >= 15 is 0 Å². The van der Waals surface area contributed by atoms with Gasteiger partial charge in [-0.3, -0.25) is 9.80 Å². The van der Waals surface area contributed by atoms with Crippen LogP contribution in [0.25, 0.3) is 0 Å². The van der Waals surface area contributed by atoms with Crippen LogP contribution in [0.5, 0.6) is 5.75 Å². The standard InChI is InChI=1S/C15H21BrN2O/c16-15-5-4-14(19)9-12(15)10-17-6-2-8-18-7-1-3-13(18)11-17/h4-5,9,13,19H,1-3,6-8,10-11H2. The second kappa shape index (κ2) is 5.81. The normalized spacial score (nSPS) is 25.2. The van der Waals surface area contributed by atoms with Gasteiger partial charge in [0.05, 0.1) is 0 Å². The third-order valence-electron chi connectivity index (χ3n) is 4.31. The van der Waals surface area contributed by atoms with E-state index in [0.29, 0.717) is 5.75 Å². The Bertz CT molecular complexity index is 452. The summed E-state index contributed by atoms with van der Waals surface area (Å²) in [6.07, 6.45) is 3.96. The predicted octanol–water partition coefficient (Wildman–Crippen LogP) is 2.82. The highest BCUT2D eigenvalue weighted by molar-refractivity contribution is 9.10. The molecule has 2 aliphatic heterocycles. The van der Waals surface area contributed by atoms with E-state index in [1.807, 2.05) is 12.1 Å². The molecule has 3 nitrogen and oxygen atoms in total. The van der Waals surface area contributed by atoms with Gasteiger partial charge in [0, 0.05) is 23.6 Å². The van der Waals surface area contributed by atoms with Crippen LogP contribution in [0.4, 0.5) is 0 Å². The summed E-state index contributed by atoms with van der Waals surface area (Å²) in [5.41, 5.74) is 1.19. The van der Waals surface area contributed by atoms with Crippen LogP contribution in [0.1, 0.15) is 24.8 Å². The fourth-order valence-electron chi connectivity index (χ4n) is 3.35. The Kier molecular flexibility index (Phi) is 4.10. The van der Waals surface area contributed by atoms with Crippen molar-refractivity contribution in [2.45, 2.75) is 31.8 Å². The summed E-state index contributed by atoms with van der Waals surface area (Å²) in [7, 11) is 0. The van der Waals surface area contributed by atoms with E-state index in [1.165, 1.54) is 44.5 Å². The second-order valence-electron chi connectivity index (χ2n) is 5.70. The van der Waals surface area contributed by atoms with E-state index in [0.717, 1.165) is 23.6 Å². The number of aromatic hydroxyl groups is 1. The lowest BCUT2D eigenvalue weighted by atomic mass is 10.1. The first-order valence-corrected chi connectivity index (χ1v) is 7.95. The van der Waals surface area contributed by atoms with Gasteiger partial charge < -0.3 is 5.11 Å². The van der Waals surface area contributed by atoms with Crippen molar-refractivity contribution in [3.05, 3.63) is 28.2 Å². The third kappa shape index (κ3) is 3.12. The van der Waals surface area contributed by atoms with E-state index in [4.69, 9.17) is 0 Å². The van der Waals surface area contributed by atoms with Crippen LogP contribution < -0.4 is 0 Å². The first-order chi connectivity index (χ1) is 9.22. The lowest BCUT2D eigenvalue weighted by Crippen LogP contribution is -2.36. The predicted molar refractivity (Wildman–Crippen MR) is 80.3 cm³/mol. The SMILES string of the molecule is Oc1ccc(Br)c(CN2CCCN3CCCC3C2)c1. The molecule has 0 saturated carbocycles. The molecule has 19 heavy (non-hydrogen) atoms. The number of hydrogen-bond acceptors (Lipinski definition) is 3. The molecule has 1 atom stereocenters. The maximum Gasteiger partial charge on any atom is 0.115 e. The number of phenols is 1. The van der Waals surface area contributed by atoms with Crippen molar-refractivity contribution in [2.75, 3.05) is 26.2 Å². The van der Waals surface area contributed by atoms with Crippen molar-refractivity contribution in [1.82, 2.24) is 9.80 Å². The van der Waals surface area contributed by atoms with Gasteiger partial charge in [0.2, 0.25) is 0 Å². The van der Waals surface area contributed by atoms with Crippen LogP contribution in [-0.4, -0.2) is 47.1 Å². The van der Waals surface area contributed by atoms with Crippen LogP contribution in [0.3, 0.4) is 0 Å². The van der Waals surface area contributed by atoms with Gasteiger partial charge in [-0.2, -0.15) is 0 Å². The van der Waals surface area contributed by atoms with E-state index in [-0.39, 0.29) is 0 Å². The summed E-state index contributed by atoms with van der Waals surface area (Å²) >= 11 is 3.58. The number of fused-ring (bicyclic) bond motifs is 1. The maximum absolute atomic E-state index is 9.63. The molecular formula is C15H21BrN2O. The van der Waals surface area contributed by atoms with Crippen molar-refractivity contribution in [1.29, 1.82) is 0 Å². The van der Waals surface area contributed by atoms with Crippen LogP contribution in [0.2, 0.25) is 0 Å². The Hall–Kier alpha value is -0.580. The van der Waals surface area contributed by atoms with E-state index in [9.17, 15) is 5.11 Å². The molecule has 2 saturated heterocycles. The molecule has 2 aliphatic rings. The molecule has 0 aromatic heterocycles. The molecular weight excluding hydrogens is 304 g/mol. The van der Waals surface area contributed by atoms with Crippen molar-refractivity contribution in [3.8, 4) is 5.75 Å². The average molecular weight is 325 g/mol. The number of halogens is 1. The maximum atomic E-state index is 9.63. The molecule has 0 bridgehead atoms. The van der Waals surface area contributed by atoms with Gasteiger partial charge in [-0.1, -0.05) is 15.9 Å². The molecule has 0 spiro atoms. The molecule has 0 amide bonds. The van der Waals surface area contributed by atoms with Crippen LogP contribution in [0.15, 0.2) is 22.7 Å². The molecule has 2 fully saturated rings. The number of phenolic OH excluding ortho intramolecular Hbond substituents is 1. The highest BCUT2D eigenvalue weighted by Gasteiger charge is 2.28. The summed E-state index contributed by atoms with van der Waals surface area (Å²) in [4.78, 5) is 5.19. The molecule has 1 aromatic carbocycles. The quantitative estimate of drug-likeness (QED) is 0.906. The topological polar surface area (TPSA) is 26.7 Å². The molecule has 1 N–H and O–H groups in total. The monoisotopic (exact) mass is 324 g/mol. The molecule has 2 heterocycles. The van der Waals surface area contributed by atoms with Crippen LogP contribution in [-0.2, 0) is 6.54 Å². The van der Waals surface area contributed by atoms with Crippen LogP contribution >= 0.6 is 15.9 Å². The third-order valence-corrected chi connectivity index (χ3v) is 5.08. The summed E-state index contributed by atoms with van der Waals surface area (Å²) in [6.45, 7) is 5.80. The van der Waals surface area contributed by atoms with Gasteiger partial charge in [-0.05, 0) is 62.7 Å². The summed E-state index contributed by atoms with van der Waals surface area (Å²) in [5.74, 6) is 0.357. The summed E-state index contributed by atoms with van der Waals surface area (Å²) in [5, 5.41) is 9.63. The minimum atomic E-state index is 0.357. The number of benzene rings is 1. The fourth-order valence-corrected chi connectivity index (χ4v) is 3.72. The van der Waals surface area contributed by atoms with Gasteiger partial charge in [0.25, 0.3) is 0 Å². The van der Waals surface area contributed by atoms with Gasteiger partial charge in [-0.25, -0.2) is 0 Å². The molecule has 0 aliphatic carbocycles. The Morgan fingerprint density at radius 2 is 2.05 bits per heavy atom. The van der Waals surface area contributed by atoms with Gasteiger partial charge >= 0.3 is 0 Å².